The zero-order chi connectivity index (χ0) is 14.1. The molecule has 0 aromatic carbocycles. The highest BCUT2D eigenvalue weighted by Crippen LogP contribution is 2.50. The molecule has 2 fully saturated rings. The molecule has 1 saturated heterocycles. The van der Waals surface area contributed by atoms with E-state index in [2.05, 4.69) is 4.90 Å². The van der Waals surface area contributed by atoms with Gasteiger partial charge >= 0.3 is 0 Å². The minimum atomic E-state index is -3.00. The predicted octanol–water partition coefficient (Wildman–Crippen LogP) is 1.25. The Balaban J connectivity index is 2.07. The maximum absolute atomic E-state index is 12.2. The molecule has 2 N–H and O–H groups in total. The molecule has 0 radical (unpaired) electrons. The average molecular weight is 323 g/mol. The summed E-state index contributed by atoms with van der Waals surface area (Å²) in [7, 11) is -3.00. The second-order valence-corrected chi connectivity index (χ2v) is 9.72. The molecule has 0 aromatic rings. The first-order valence-corrected chi connectivity index (χ1v) is 9.98. The first-order chi connectivity index (χ1) is 8.88. The molecule has 4 nitrogen and oxygen atoms in total. The van der Waals surface area contributed by atoms with E-state index in [1.165, 1.54) is 0 Å². The van der Waals surface area contributed by atoms with Crippen LogP contribution in [0.25, 0.3) is 0 Å². The standard InChI is InChI=1S/C12H22N2O2S3/c1-2-19(15,16)11-8-18-6-5-14(11)9-12(3-4-12)7-10(13)17/h11H,2-9H2,1H3,(H2,13,17). The van der Waals surface area contributed by atoms with Crippen molar-refractivity contribution in [2.24, 2.45) is 11.1 Å². The quantitative estimate of drug-likeness (QED) is 0.743. The van der Waals surface area contributed by atoms with Crippen molar-refractivity contribution in [2.45, 2.75) is 31.6 Å². The van der Waals surface area contributed by atoms with E-state index in [-0.39, 0.29) is 16.5 Å². The van der Waals surface area contributed by atoms with Crippen LogP contribution in [-0.2, 0) is 9.84 Å². The van der Waals surface area contributed by atoms with Gasteiger partial charge in [-0.3, -0.25) is 4.90 Å². The first-order valence-electron chi connectivity index (χ1n) is 6.70. The van der Waals surface area contributed by atoms with Crippen molar-refractivity contribution in [3.63, 3.8) is 0 Å². The second-order valence-electron chi connectivity index (χ2n) is 5.59. The molecule has 0 bridgehead atoms. The SMILES string of the molecule is CCS(=O)(=O)C1CSCCN1CC1(CC(N)=S)CC1. The molecular formula is C12H22N2O2S3. The van der Waals surface area contributed by atoms with Gasteiger partial charge in [-0.2, -0.15) is 11.8 Å². The topological polar surface area (TPSA) is 63.4 Å². The van der Waals surface area contributed by atoms with E-state index in [1.54, 1.807) is 18.7 Å². The number of nitrogens with zero attached hydrogens (tertiary/aromatic N) is 1. The van der Waals surface area contributed by atoms with Crippen LogP contribution in [0.1, 0.15) is 26.2 Å². The Bertz CT molecular complexity index is 446. The molecule has 110 valence electrons. The molecule has 1 atom stereocenters. The van der Waals surface area contributed by atoms with Gasteiger partial charge in [0.1, 0.15) is 5.37 Å². The molecule has 0 spiro atoms. The summed E-state index contributed by atoms with van der Waals surface area (Å²) < 4.78 is 24.4. The summed E-state index contributed by atoms with van der Waals surface area (Å²) in [6.45, 7) is 3.41. The summed E-state index contributed by atoms with van der Waals surface area (Å²) in [5, 5.41) is -0.319. The normalized spacial score (nSPS) is 27.1. The van der Waals surface area contributed by atoms with Gasteiger partial charge in [0, 0.05) is 36.8 Å². The van der Waals surface area contributed by atoms with E-state index in [0.29, 0.717) is 10.7 Å². The third-order valence-corrected chi connectivity index (χ3v) is 7.53. The fourth-order valence-corrected chi connectivity index (χ4v) is 6.07. The number of hydrogen-bond acceptors (Lipinski definition) is 5. The van der Waals surface area contributed by atoms with Gasteiger partial charge in [0.05, 0.1) is 4.99 Å². The molecule has 1 aliphatic heterocycles. The zero-order valence-corrected chi connectivity index (χ0v) is 13.7. The van der Waals surface area contributed by atoms with E-state index in [0.717, 1.165) is 38.1 Å². The third-order valence-electron chi connectivity index (χ3n) is 4.05. The van der Waals surface area contributed by atoms with Crippen molar-refractivity contribution < 1.29 is 8.42 Å². The van der Waals surface area contributed by atoms with Crippen molar-refractivity contribution in [3.8, 4) is 0 Å². The lowest BCUT2D eigenvalue weighted by Gasteiger charge is -2.37. The fourth-order valence-electron chi connectivity index (χ4n) is 2.69. The highest BCUT2D eigenvalue weighted by molar-refractivity contribution is 8.01. The van der Waals surface area contributed by atoms with Gasteiger partial charge in [-0.1, -0.05) is 19.1 Å². The molecule has 7 heteroatoms. The fraction of sp³-hybridized carbons (Fsp3) is 0.917. The molecule has 1 heterocycles. The second kappa shape index (κ2) is 5.87. The number of nitrogens with two attached hydrogens (primary N) is 1. The smallest absolute Gasteiger partial charge is 0.166 e. The minimum Gasteiger partial charge on any atom is -0.393 e. The Morgan fingerprint density at radius 3 is 2.74 bits per heavy atom. The van der Waals surface area contributed by atoms with Gasteiger partial charge in [-0.25, -0.2) is 8.42 Å². The van der Waals surface area contributed by atoms with Crippen LogP contribution in [-0.4, -0.2) is 54.0 Å². The van der Waals surface area contributed by atoms with Gasteiger partial charge in [0.2, 0.25) is 0 Å². The van der Waals surface area contributed by atoms with Crippen LogP contribution in [0.4, 0.5) is 0 Å². The number of thiocarbonyl (C=S) groups is 1. The summed E-state index contributed by atoms with van der Waals surface area (Å²) in [5.74, 6) is 1.93. The molecule has 1 saturated carbocycles. The monoisotopic (exact) mass is 322 g/mol. The van der Waals surface area contributed by atoms with E-state index < -0.39 is 9.84 Å². The lowest BCUT2D eigenvalue weighted by Crippen LogP contribution is -2.50. The van der Waals surface area contributed by atoms with E-state index in [9.17, 15) is 8.42 Å². The molecule has 1 unspecified atom stereocenters. The molecule has 1 aliphatic carbocycles. The van der Waals surface area contributed by atoms with Crippen molar-refractivity contribution in [1.29, 1.82) is 0 Å². The third kappa shape index (κ3) is 3.83. The van der Waals surface area contributed by atoms with Crippen LogP contribution in [0.2, 0.25) is 0 Å². The van der Waals surface area contributed by atoms with Crippen LogP contribution < -0.4 is 5.73 Å². The zero-order valence-electron chi connectivity index (χ0n) is 11.3. The van der Waals surface area contributed by atoms with Gasteiger partial charge in [0.25, 0.3) is 0 Å². The van der Waals surface area contributed by atoms with Gasteiger partial charge in [-0.05, 0) is 18.3 Å². The Morgan fingerprint density at radius 2 is 2.21 bits per heavy atom. The highest BCUT2D eigenvalue weighted by atomic mass is 32.2. The summed E-state index contributed by atoms with van der Waals surface area (Å²) in [6.07, 6.45) is 2.99. The number of rotatable bonds is 6. The van der Waals surface area contributed by atoms with Crippen LogP contribution >= 0.6 is 24.0 Å². The summed E-state index contributed by atoms with van der Waals surface area (Å²) in [4.78, 5) is 2.71. The summed E-state index contributed by atoms with van der Waals surface area (Å²) >= 11 is 6.75. The summed E-state index contributed by atoms with van der Waals surface area (Å²) in [6, 6.07) is 0. The van der Waals surface area contributed by atoms with Crippen molar-refractivity contribution in [1.82, 2.24) is 4.90 Å². The number of hydrogen-bond donors (Lipinski definition) is 1. The Kier molecular flexibility index (Phi) is 4.80. The Hall–Kier alpha value is 0.150. The van der Waals surface area contributed by atoms with Gasteiger partial charge in [-0.15, -0.1) is 0 Å². The lowest BCUT2D eigenvalue weighted by atomic mass is 10.0. The minimum absolute atomic E-state index is 0.162. The van der Waals surface area contributed by atoms with E-state index in [1.807, 2.05) is 0 Å². The Morgan fingerprint density at radius 1 is 1.53 bits per heavy atom. The molecular weight excluding hydrogens is 300 g/mol. The average Bonchev–Trinajstić information content (AvgIpc) is 3.08. The predicted molar refractivity (Wildman–Crippen MR) is 85.2 cm³/mol. The molecule has 2 aliphatic rings. The van der Waals surface area contributed by atoms with Crippen molar-refractivity contribution in [3.05, 3.63) is 0 Å². The largest absolute Gasteiger partial charge is 0.393 e. The Labute approximate surface area is 125 Å². The van der Waals surface area contributed by atoms with E-state index in [4.69, 9.17) is 18.0 Å². The van der Waals surface area contributed by atoms with Crippen molar-refractivity contribution in [2.75, 3.05) is 30.3 Å². The van der Waals surface area contributed by atoms with Gasteiger partial charge < -0.3 is 5.73 Å². The van der Waals surface area contributed by atoms with Crippen molar-refractivity contribution >= 4 is 38.8 Å². The van der Waals surface area contributed by atoms with Gasteiger partial charge in [0.15, 0.2) is 9.84 Å². The highest BCUT2D eigenvalue weighted by Gasteiger charge is 2.46. The van der Waals surface area contributed by atoms with Crippen LogP contribution in [0.5, 0.6) is 0 Å². The van der Waals surface area contributed by atoms with Crippen LogP contribution in [0.3, 0.4) is 0 Å². The number of thioether (sulfide) groups is 1. The number of sulfone groups is 1. The molecule has 0 aromatic heterocycles. The van der Waals surface area contributed by atoms with E-state index >= 15 is 0 Å². The lowest BCUT2D eigenvalue weighted by molar-refractivity contribution is 0.218. The maximum atomic E-state index is 12.2. The van der Waals surface area contributed by atoms with Crippen LogP contribution in [0.15, 0.2) is 0 Å². The molecule has 0 amide bonds. The van der Waals surface area contributed by atoms with Crippen LogP contribution in [0, 0.1) is 5.41 Å². The first kappa shape index (κ1) is 15.5. The molecule has 19 heavy (non-hydrogen) atoms. The maximum Gasteiger partial charge on any atom is 0.166 e. The summed E-state index contributed by atoms with van der Waals surface area (Å²) in [5.41, 5.74) is 5.82. The molecule has 2 rings (SSSR count).